The number of amides is 1. The van der Waals surface area contributed by atoms with Gasteiger partial charge in [0.05, 0.1) is 11.3 Å². The molecule has 1 heterocycles. The topological polar surface area (TPSA) is 63.7 Å². The van der Waals surface area contributed by atoms with E-state index in [1.165, 1.54) is 31.2 Å². The average molecular weight is 327 g/mol. The van der Waals surface area contributed by atoms with Gasteiger partial charge in [-0.05, 0) is 36.8 Å². The Morgan fingerprint density at radius 1 is 1.12 bits per heavy atom. The highest BCUT2D eigenvalue weighted by Gasteiger charge is 2.40. The van der Waals surface area contributed by atoms with E-state index in [0.29, 0.717) is 11.3 Å². The van der Waals surface area contributed by atoms with Crippen molar-refractivity contribution in [1.29, 1.82) is 0 Å². The molecule has 0 radical (unpaired) electrons. The summed E-state index contributed by atoms with van der Waals surface area (Å²) >= 11 is 0. The van der Waals surface area contributed by atoms with Gasteiger partial charge in [0.1, 0.15) is 18.5 Å². The SMILES string of the molecule is C[C@H](C(=O)OCc1ccc(F)cc1)N1C(=O)C(=O)c2ccccc21. The van der Waals surface area contributed by atoms with Crippen molar-refractivity contribution in [3.8, 4) is 0 Å². The van der Waals surface area contributed by atoms with Gasteiger partial charge in [-0.3, -0.25) is 14.5 Å². The van der Waals surface area contributed by atoms with Gasteiger partial charge in [0.2, 0.25) is 0 Å². The van der Waals surface area contributed by atoms with E-state index in [2.05, 4.69) is 0 Å². The fourth-order valence-corrected chi connectivity index (χ4v) is 2.56. The van der Waals surface area contributed by atoms with Crippen LogP contribution in [0.5, 0.6) is 0 Å². The van der Waals surface area contributed by atoms with E-state index in [9.17, 15) is 18.8 Å². The van der Waals surface area contributed by atoms with Crippen LogP contribution >= 0.6 is 0 Å². The second-order valence-electron chi connectivity index (χ2n) is 5.43. The zero-order valence-electron chi connectivity index (χ0n) is 12.9. The Bertz CT molecular complexity index is 816. The first-order chi connectivity index (χ1) is 11.5. The molecule has 1 aliphatic heterocycles. The molecule has 24 heavy (non-hydrogen) atoms. The molecule has 6 heteroatoms. The summed E-state index contributed by atoms with van der Waals surface area (Å²) in [6.07, 6.45) is 0. The van der Waals surface area contributed by atoms with Crippen LogP contribution < -0.4 is 4.90 Å². The van der Waals surface area contributed by atoms with Crippen molar-refractivity contribution in [2.45, 2.75) is 19.6 Å². The monoisotopic (exact) mass is 327 g/mol. The molecule has 0 saturated heterocycles. The number of anilines is 1. The highest BCUT2D eigenvalue weighted by Crippen LogP contribution is 2.30. The van der Waals surface area contributed by atoms with Gasteiger partial charge in [0.25, 0.3) is 11.7 Å². The number of nitrogens with zero attached hydrogens (tertiary/aromatic N) is 1. The van der Waals surface area contributed by atoms with Crippen LogP contribution in [-0.4, -0.2) is 23.7 Å². The van der Waals surface area contributed by atoms with E-state index >= 15 is 0 Å². The fourth-order valence-electron chi connectivity index (χ4n) is 2.56. The first kappa shape index (κ1) is 15.9. The van der Waals surface area contributed by atoms with Crippen LogP contribution in [0.4, 0.5) is 10.1 Å². The molecule has 5 nitrogen and oxygen atoms in total. The number of halogens is 1. The fraction of sp³-hybridized carbons (Fsp3) is 0.167. The van der Waals surface area contributed by atoms with Crippen molar-refractivity contribution >= 4 is 23.3 Å². The Hall–Kier alpha value is -3.02. The third kappa shape index (κ3) is 2.78. The maximum absolute atomic E-state index is 12.9. The maximum Gasteiger partial charge on any atom is 0.329 e. The molecule has 122 valence electrons. The Labute approximate surface area is 137 Å². The minimum absolute atomic E-state index is 0.0406. The minimum atomic E-state index is -0.939. The van der Waals surface area contributed by atoms with Gasteiger partial charge in [0, 0.05) is 0 Å². The van der Waals surface area contributed by atoms with Crippen molar-refractivity contribution < 1.29 is 23.5 Å². The lowest BCUT2D eigenvalue weighted by Crippen LogP contribution is -2.43. The summed E-state index contributed by atoms with van der Waals surface area (Å²) in [6.45, 7) is 1.46. The molecule has 0 saturated carbocycles. The molecule has 0 spiro atoms. The molecule has 0 N–H and O–H groups in total. The van der Waals surface area contributed by atoms with Crippen molar-refractivity contribution in [2.75, 3.05) is 4.90 Å². The van der Waals surface area contributed by atoms with Gasteiger partial charge in [-0.25, -0.2) is 9.18 Å². The number of carbonyl (C=O) groups excluding carboxylic acids is 3. The number of ether oxygens (including phenoxy) is 1. The zero-order chi connectivity index (χ0) is 17.3. The molecule has 1 atom stereocenters. The predicted molar refractivity (Wildman–Crippen MR) is 83.9 cm³/mol. The number of Topliss-reactive ketones (excluding diaryl/α,β-unsaturated/α-hetero) is 1. The molecule has 1 amide bonds. The number of ketones is 1. The molecule has 0 aromatic heterocycles. The first-order valence-electron chi connectivity index (χ1n) is 7.37. The Morgan fingerprint density at radius 3 is 2.50 bits per heavy atom. The smallest absolute Gasteiger partial charge is 0.329 e. The Morgan fingerprint density at radius 2 is 1.79 bits per heavy atom. The first-order valence-corrected chi connectivity index (χ1v) is 7.37. The van der Waals surface area contributed by atoms with Crippen LogP contribution in [0, 0.1) is 5.82 Å². The number of esters is 1. The number of hydrogen-bond acceptors (Lipinski definition) is 4. The predicted octanol–water partition coefficient (Wildman–Crippen LogP) is 2.49. The van der Waals surface area contributed by atoms with E-state index in [1.807, 2.05) is 0 Å². The molecular formula is C18H14FNO4. The average Bonchev–Trinajstić information content (AvgIpc) is 2.85. The summed E-state index contributed by atoms with van der Waals surface area (Å²) in [7, 11) is 0. The molecule has 0 bridgehead atoms. The van der Waals surface area contributed by atoms with Gasteiger partial charge in [-0.1, -0.05) is 24.3 Å². The van der Waals surface area contributed by atoms with Crippen molar-refractivity contribution in [2.24, 2.45) is 0 Å². The molecule has 1 aliphatic rings. The summed E-state index contributed by atoms with van der Waals surface area (Å²) in [5, 5.41) is 0. The Balaban J connectivity index is 1.73. The highest BCUT2D eigenvalue weighted by atomic mass is 19.1. The molecule has 3 rings (SSSR count). The third-order valence-corrected chi connectivity index (χ3v) is 3.84. The lowest BCUT2D eigenvalue weighted by molar-refractivity contribution is -0.146. The van der Waals surface area contributed by atoms with Gasteiger partial charge < -0.3 is 4.74 Å². The van der Waals surface area contributed by atoms with E-state index in [0.717, 1.165) is 4.90 Å². The number of benzene rings is 2. The summed E-state index contributed by atoms with van der Waals surface area (Å²) in [4.78, 5) is 37.5. The van der Waals surface area contributed by atoms with Crippen LogP contribution in [0.15, 0.2) is 48.5 Å². The number of carbonyl (C=O) groups is 3. The van der Waals surface area contributed by atoms with Crippen molar-refractivity contribution in [1.82, 2.24) is 0 Å². The van der Waals surface area contributed by atoms with Crippen LogP contribution in [0.2, 0.25) is 0 Å². The molecular weight excluding hydrogens is 313 g/mol. The second-order valence-corrected chi connectivity index (χ2v) is 5.43. The molecule has 2 aromatic rings. The van der Waals surface area contributed by atoms with Crippen molar-refractivity contribution in [3.63, 3.8) is 0 Å². The molecule has 2 aromatic carbocycles. The quantitative estimate of drug-likeness (QED) is 0.639. The van der Waals surface area contributed by atoms with Crippen LogP contribution in [0.1, 0.15) is 22.8 Å². The second kappa shape index (κ2) is 6.23. The highest BCUT2D eigenvalue weighted by molar-refractivity contribution is 6.52. The normalized spacial score (nSPS) is 14.5. The van der Waals surface area contributed by atoms with Gasteiger partial charge in [-0.15, -0.1) is 0 Å². The van der Waals surface area contributed by atoms with Gasteiger partial charge in [0.15, 0.2) is 0 Å². The van der Waals surface area contributed by atoms with Crippen LogP contribution in [-0.2, 0) is 20.9 Å². The largest absolute Gasteiger partial charge is 0.459 e. The van der Waals surface area contributed by atoms with Crippen LogP contribution in [0.25, 0.3) is 0 Å². The van der Waals surface area contributed by atoms with E-state index in [4.69, 9.17) is 4.74 Å². The van der Waals surface area contributed by atoms with E-state index < -0.39 is 23.7 Å². The number of para-hydroxylation sites is 1. The summed E-state index contributed by atoms with van der Waals surface area (Å²) in [5.74, 6) is -2.40. The number of rotatable bonds is 4. The zero-order valence-corrected chi connectivity index (χ0v) is 12.9. The van der Waals surface area contributed by atoms with E-state index in [1.54, 1.807) is 24.3 Å². The number of fused-ring (bicyclic) bond motifs is 1. The summed E-state index contributed by atoms with van der Waals surface area (Å²) in [6, 6.07) is 11.1. The van der Waals surface area contributed by atoms with Gasteiger partial charge >= 0.3 is 5.97 Å². The van der Waals surface area contributed by atoms with Crippen molar-refractivity contribution in [3.05, 3.63) is 65.5 Å². The summed E-state index contributed by atoms with van der Waals surface area (Å²) < 4.78 is 18.0. The van der Waals surface area contributed by atoms with Gasteiger partial charge in [-0.2, -0.15) is 0 Å². The molecule has 0 fully saturated rings. The minimum Gasteiger partial charge on any atom is -0.459 e. The number of hydrogen-bond donors (Lipinski definition) is 0. The Kier molecular flexibility index (Phi) is 4.12. The third-order valence-electron chi connectivity index (χ3n) is 3.84. The molecule has 0 unspecified atom stereocenters. The van der Waals surface area contributed by atoms with Crippen LogP contribution in [0.3, 0.4) is 0 Å². The summed E-state index contributed by atoms with van der Waals surface area (Å²) in [5.41, 5.74) is 1.31. The van der Waals surface area contributed by atoms with E-state index in [-0.39, 0.29) is 18.0 Å². The standard InChI is InChI=1S/C18H14FNO4/c1-11(18(23)24-10-12-6-8-13(19)9-7-12)20-15-5-3-2-4-14(15)16(21)17(20)22/h2-9,11H,10H2,1H3/t11-/m1/s1. The lowest BCUT2D eigenvalue weighted by atomic mass is 10.1. The maximum atomic E-state index is 12.9. The molecule has 0 aliphatic carbocycles. The lowest BCUT2D eigenvalue weighted by Gasteiger charge is -2.23.